The van der Waals surface area contributed by atoms with Gasteiger partial charge in [-0.15, -0.1) is 16.4 Å². The van der Waals surface area contributed by atoms with Crippen LogP contribution in [-0.2, 0) is 0 Å². The van der Waals surface area contributed by atoms with Crippen molar-refractivity contribution in [3.63, 3.8) is 0 Å². The van der Waals surface area contributed by atoms with Gasteiger partial charge in [0.15, 0.2) is 5.82 Å². The Balaban J connectivity index is 1.64. The maximum Gasteiger partial charge on any atom is 0.291 e. The standard InChI is InChI=1S/C19H20FN5OS/c1-12-11-14(8-9-21-12)22-19(26)17-23-18(16-3-2-10-27-16)25(24-17)15-6-4-13(20)5-7-15/h2-7,10,12,14,21H,8-9,11H2,1H3,(H,22,26). The minimum atomic E-state index is -0.325. The van der Waals surface area contributed by atoms with Gasteiger partial charge in [0, 0.05) is 12.1 Å². The van der Waals surface area contributed by atoms with Crippen molar-refractivity contribution in [1.82, 2.24) is 25.4 Å². The molecule has 6 nitrogen and oxygen atoms in total. The molecule has 0 radical (unpaired) electrons. The van der Waals surface area contributed by atoms with Gasteiger partial charge in [0.2, 0.25) is 5.82 Å². The van der Waals surface area contributed by atoms with Crippen LogP contribution in [0.4, 0.5) is 4.39 Å². The lowest BCUT2D eigenvalue weighted by Gasteiger charge is -2.28. The topological polar surface area (TPSA) is 71.8 Å². The molecule has 0 bridgehead atoms. The number of carbonyl (C=O) groups excluding carboxylic acids is 1. The first-order valence-corrected chi connectivity index (χ1v) is 9.79. The van der Waals surface area contributed by atoms with Crippen LogP contribution < -0.4 is 10.6 Å². The van der Waals surface area contributed by atoms with E-state index in [1.54, 1.807) is 16.8 Å². The van der Waals surface area contributed by atoms with Crippen molar-refractivity contribution < 1.29 is 9.18 Å². The molecule has 140 valence electrons. The molecule has 1 saturated heterocycles. The molecule has 27 heavy (non-hydrogen) atoms. The van der Waals surface area contributed by atoms with Crippen molar-refractivity contribution in [2.45, 2.75) is 31.8 Å². The molecule has 2 unspecified atom stereocenters. The summed E-state index contributed by atoms with van der Waals surface area (Å²) in [6, 6.07) is 10.3. The minimum Gasteiger partial charge on any atom is -0.346 e. The number of rotatable bonds is 4. The quantitative estimate of drug-likeness (QED) is 0.724. The first-order valence-electron chi connectivity index (χ1n) is 8.91. The molecule has 0 aliphatic carbocycles. The molecular formula is C19H20FN5OS. The monoisotopic (exact) mass is 385 g/mol. The zero-order valence-electron chi connectivity index (χ0n) is 14.9. The fourth-order valence-corrected chi connectivity index (χ4v) is 3.95. The largest absolute Gasteiger partial charge is 0.346 e. The van der Waals surface area contributed by atoms with Gasteiger partial charge in [-0.05, 0) is 62.0 Å². The highest BCUT2D eigenvalue weighted by molar-refractivity contribution is 7.13. The van der Waals surface area contributed by atoms with Gasteiger partial charge in [0.1, 0.15) is 5.82 Å². The van der Waals surface area contributed by atoms with E-state index in [4.69, 9.17) is 0 Å². The molecule has 3 heterocycles. The summed E-state index contributed by atoms with van der Waals surface area (Å²) >= 11 is 1.51. The second-order valence-electron chi connectivity index (χ2n) is 6.67. The third-order valence-corrected chi connectivity index (χ3v) is 5.45. The van der Waals surface area contributed by atoms with Crippen LogP contribution in [0.25, 0.3) is 16.4 Å². The molecule has 2 atom stereocenters. The number of halogens is 1. The summed E-state index contributed by atoms with van der Waals surface area (Å²) in [6.45, 7) is 2.98. The first-order chi connectivity index (χ1) is 13.1. The average molecular weight is 385 g/mol. The van der Waals surface area contributed by atoms with Gasteiger partial charge in [0.25, 0.3) is 5.91 Å². The molecule has 1 amide bonds. The molecule has 4 rings (SSSR count). The second-order valence-corrected chi connectivity index (χ2v) is 7.62. The maximum atomic E-state index is 13.3. The number of benzene rings is 1. The highest BCUT2D eigenvalue weighted by Crippen LogP contribution is 2.25. The van der Waals surface area contributed by atoms with Crippen LogP contribution in [0, 0.1) is 5.82 Å². The number of hydrogen-bond donors (Lipinski definition) is 2. The lowest BCUT2D eigenvalue weighted by Crippen LogP contribution is -2.46. The number of thiophene rings is 1. The van der Waals surface area contributed by atoms with E-state index in [0.717, 1.165) is 24.3 Å². The Morgan fingerprint density at radius 2 is 2.15 bits per heavy atom. The van der Waals surface area contributed by atoms with Crippen molar-refractivity contribution in [2.24, 2.45) is 0 Å². The summed E-state index contributed by atoms with van der Waals surface area (Å²) in [5, 5.41) is 12.8. The van der Waals surface area contributed by atoms with E-state index in [0.29, 0.717) is 17.6 Å². The summed E-state index contributed by atoms with van der Waals surface area (Å²) in [7, 11) is 0. The van der Waals surface area contributed by atoms with E-state index in [1.807, 2.05) is 17.5 Å². The number of hydrogen-bond acceptors (Lipinski definition) is 5. The molecule has 3 aromatic rings. The van der Waals surface area contributed by atoms with E-state index in [2.05, 4.69) is 27.6 Å². The zero-order valence-corrected chi connectivity index (χ0v) is 15.7. The van der Waals surface area contributed by atoms with Crippen LogP contribution in [0.15, 0.2) is 41.8 Å². The van der Waals surface area contributed by atoms with Crippen LogP contribution in [0.1, 0.15) is 30.4 Å². The van der Waals surface area contributed by atoms with E-state index in [9.17, 15) is 9.18 Å². The lowest BCUT2D eigenvalue weighted by atomic mass is 10.0. The molecular weight excluding hydrogens is 365 g/mol. The van der Waals surface area contributed by atoms with Crippen molar-refractivity contribution in [1.29, 1.82) is 0 Å². The average Bonchev–Trinajstić information content (AvgIpc) is 3.32. The third-order valence-electron chi connectivity index (χ3n) is 4.58. The van der Waals surface area contributed by atoms with E-state index in [-0.39, 0.29) is 23.6 Å². The predicted molar refractivity (Wildman–Crippen MR) is 103 cm³/mol. The van der Waals surface area contributed by atoms with Crippen molar-refractivity contribution in [3.8, 4) is 16.4 Å². The molecule has 1 aliphatic heterocycles. The lowest BCUT2D eigenvalue weighted by molar-refractivity contribution is 0.0915. The van der Waals surface area contributed by atoms with Gasteiger partial charge in [0.05, 0.1) is 10.6 Å². The summed E-state index contributed by atoms with van der Waals surface area (Å²) in [5.74, 6) is 0.0802. The third kappa shape index (κ3) is 3.91. The van der Waals surface area contributed by atoms with Gasteiger partial charge in [-0.25, -0.2) is 14.1 Å². The number of piperidine rings is 1. The Bertz CT molecular complexity index is 922. The molecule has 2 N–H and O–H groups in total. The highest BCUT2D eigenvalue weighted by atomic mass is 32.1. The zero-order chi connectivity index (χ0) is 18.8. The van der Waals surface area contributed by atoms with E-state index < -0.39 is 0 Å². The maximum absolute atomic E-state index is 13.3. The molecule has 2 aromatic heterocycles. The molecule has 1 aliphatic rings. The number of carbonyl (C=O) groups is 1. The molecule has 1 fully saturated rings. The highest BCUT2D eigenvalue weighted by Gasteiger charge is 2.24. The van der Waals surface area contributed by atoms with Crippen molar-refractivity contribution in [3.05, 3.63) is 53.4 Å². The SMILES string of the molecule is CC1CC(NC(=O)c2nc(-c3cccs3)n(-c3ccc(F)cc3)n2)CCN1. The number of nitrogens with one attached hydrogen (secondary N) is 2. The van der Waals surface area contributed by atoms with Gasteiger partial charge in [-0.1, -0.05) is 6.07 Å². The van der Waals surface area contributed by atoms with Gasteiger partial charge in [-0.2, -0.15) is 0 Å². The van der Waals surface area contributed by atoms with Crippen LogP contribution in [0.5, 0.6) is 0 Å². The van der Waals surface area contributed by atoms with Crippen LogP contribution >= 0.6 is 11.3 Å². The number of nitrogens with zero attached hydrogens (tertiary/aromatic N) is 3. The van der Waals surface area contributed by atoms with Crippen molar-refractivity contribution in [2.75, 3.05) is 6.54 Å². The number of amides is 1. The van der Waals surface area contributed by atoms with Gasteiger partial charge in [-0.3, -0.25) is 4.79 Å². The Morgan fingerprint density at radius 1 is 1.33 bits per heavy atom. The molecule has 8 heteroatoms. The Labute approximate surface area is 160 Å². The van der Waals surface area contributed by atoms with E-state index >= 15 is 0 Å². The Kier molecular flexibility index (Phi) is 5.00. The van der Waals surface area contributed by atoms with E-state index in [1.165, 1.54) is 23.5 Å². The summed E-state index contributed by atoms with van der Waals surface area (Å²) in [4.78, 5) is 18.1. The fraction of sp³-hybridized carbons (Fsp3) is 0.316. The second kappa shape index (κ2) is 7.58. The summed E-state index contributed by atoms with van der Waals surface area (Å²) in [6.07, 6.45) is 1.76. The Morgan fingerprint density at radius 3 is 2.85 bits per heavy atom. The normalized spacial score (nSPS) is 19.8. The minimum absolute atomic E-state index is 0.108. The predicted octanol–water partition coefficient (Wildman–Crippen LogP) is 3.01. The molecule has 0 saturated carbocycles. The summed E-state index contributed by atoms with van der Waals surface area (Å²) in [5.41, 5.74) is 0.654. The van der Waals surface area contributed by atoms with Crippen molar-refractivity contribution >= 4 is 17.2 Å². The number of aromatic nitrogens is 3. The smallest absolute Gasteiger partial charge is 0.291 e. The van der Waals surface area contributed by atoms with Crippen LogP contribution in [-0.4, -0.2) is 39.3 Å². The van der Waals surface area contributed by atoms with Crippen LogP contribution in [0.3, 0.4) is 0 Å². The van der Waals surface area contributed by atoms with Gasteiger partial charge >= 0.3 is 0 Å². The van der Waals surface area contributed by atoms with Gasteiger partial charge < -0.3 is 10.6 Å². The summed E-state index contributed by atoms with van der Waals surface area (Å²) < 4.78 is 14.9. The van der Waals surface area contributed by atoms with Crippen LogP contribution in [0.2, 0.25) is 0 Å². The molecule has 1 aromatic carbocycles. The fourth-order valence-electron chi connectivity index (χ4n) is 3.25. The first kappa shape index (κ1) is 17.8. The Hall–Kier alpha value is -2.58. The molecule has 0 spiro atoms.